The molecule has 0 heterocycles. The molecule has 19 heavy (non-hydrogen) atoms. The van der Waals surface area contributed by atoms with Crippen LogP contribution in [-0.2, 0) is 6.54 Å². The largest absolute Gasteiger partial charge is 0.409 e. The number of hydrogen-bond acceptors (Lipinski definition) is 3. The average molecular weight is 265 g/mol. The fourth-order valence-corrected chi connectivity index (χ4v) is 2.26. The lowest BCUT2D eigenvalue weighted by Crippen LogP contribution is -2.24. The van der Waals surface area contributed by atoms with Crippen molar-refractivity contribution in [2.75, 3.05) is 6.54 Å². The van der Waals surface area contributed by atoms with Crippen LogP contribution < -0.4 is 11.1 Å². The van der Waals surface area contributed by atoms with Crippen molar-refractivity contribution in [2.24, 2.45) is 16.3 Å². The van der Waals surface area contributed by atoms with Crippen LogP contribution in [0.2, 0.25) is 0 Å². The Bertz CT molecular complexity index is 484. The minimum absolute atomic E-state index is 0.137. The summed E-state index contributed by atoms with van der Waals surface area (Å²) < 4.78 is 14.1. The van der Waals surface area contributed by atoms with E-state index in [0.717, 1.165) is 13.0 Å². The van der Waals surface area contributed by atoms with Crippen LogP contribution in [0.3, 0.4) is 0 Å². The summed E-state index contributed by atoms with van der Waals surface area (Å²) in [6.45, 7) is 3.56. The van der Waals surface area contributed by atoms with Crippen LogP contribution in [0.15, 0.2) is 23.4 Å². The molecule has 0 aromatic heterocycles. The van der Waals surface area contributed by atoms with Gasteiger partial charge >= 0.3 is 0 Å². The smallest absolute Gasteiger partial charge is 0.173 e. The number of rotatable bonds is 6. The number of amidine groups is 1. The Balaban J connectivity index is 2.01. The molecule has 0 spiro atoms. The Labute approximate surface area is 112 Å². The minimum Gasteiger partial charge on any atom is -0.409 e. The van der Waals surface area contributed by atoms with E-state index >= 15 is 0 Å². The predicted molar refractivity (Wildman–Crippen MR) is 72.6 cm³/mol. The summed E-state index contributed by atoms with van der Waals surface area (Å²) in [6, 6.07) is 4.92. The topological polar surface area (TPSA) is 70.6 Å². The molecule has 0 amide bonds. The van der Waals surface area contributed by atoms with E-state index in [1.54, 1.807) is 12.1 Å². The summed E-state index contributed by atoms with van der Waals surface area (Å²) in [5.41, 5.74) is 6.54. The molecule has 0 bridgehead atoms. The Morgan fingerprint density at radius 2 is 2.26 bits per heavy atom. The third kappa shape index (κ3) is 3.04. The van der Waals surface area contributed by atoms with E-state index in [4.69, 9.17) is 10.9 Å². The molecule has 2 rings (SSSR count). The molecule has 1 saturated carbocycles. The zero-order valence-electron chi connectivity index (χ0n) is 11.1. The molecule has 104 valence electrons. The summed E-state index contributed by atoms with van der Waals surface area (Å²) in [7, 11) is 0. The molecule has 1 aromatic rings. The second kappa shape index (κ2) is 5.57. The highest BCUT2D eigenvalue weighted by molar-refractivity contribution is 5.97. The van der Waals surface area contributed by atoms with Gasteiger partial charge in [-0.1, -0.05) is 24.2 Å². The molecular formula is C14H20FN3O. The maximum Gasteiger partial charge on any atom is 0.173 e. The third-order valence-electron chi connectivity index (χ3n) is 3.98. The first kappa shape index (κ1) is 13.8. The summed E-state index contributed by atoms with van der Waals surface area (Å²) in [4.78, 5) is 0. The quantitative estimate of drug-likeness (QED) is 0.319. The summed E-state index contributed by atoms with van der Waals surface area (Å²) in [5, 5.41) is 14.7. The van der Waals surface area contributed by atoms with Gasteiger partial charge in [0.05, 0.1) is 5.56 Å². The number of oxime groups is 1. The third-order valence-corrected chi connectivity index (χ3v) is 3.98. The minimum atomic E-state index is -0.424. The summed E-state index contributed by atoms with van der Waals surface area (Å²) in [6.07, 6.45) is 3.67. The standard InChI is InChI=1S/C14H20FN3O/c1-2-14(6-7-14)9-17-8-10-4-3-5-11(12(10)15)13(16)18-19/h3-5,17,19H,2,6-9H2,1H3,(H2,16,18). The van der Waals surface area contributed by atoms with E-state index in [2.05, 4.69) is 17.4 Å². The lowest BCUT2D eigenvalue weighted by Gasteiger charge is -2.14. The van der Waals surface area contributed by atoms with Crippen LogP contribution in [0.5, 0.6) is 0 Å². The molecular weight excluding hydrogens is 245 g/mol. The van der Waals surface area contributed by atoms with Gasteiger partial charge in [-0.3, -0.25) is 0 Å². The second-order valence-corrected chi connectivity index (χ2v) is 5.22. The molecule has 0 radical (unpaired) electrons. The van der Waals surface area contributed by atoms with Gasteiger partial charge in [-0.25, -0.2) is 4.39 Å². The number of halogens is 1. The van der Waals surface area contributed by atoms with Gasteiger partial charge in [-0.05, 0) is 30.7 Å². The highest BCUT2D eigenvalue weighted by atomic mass is 19.1. The molecule has 1 aromatic carbocycles. The van der Waals surface area contributed by atoms with Crippen LogP contribution in [-0.4, -0.2) is 17.6 Å². The molecule has 0 atom stereocenters. The van der Waals surface area contributed by atoms with Gasteiger partial charge in [-0.2, -0.15) is 0 Å². The van der Waals surface area contributed by atoms with Crippen molar-refractivity contribution in [2.45, 2.75) is 32.7 Å². The van der Waals surface area contributed by atoms with Gasteiger partial charge in [0.15, 0.2) is 5.84 Å². The molecule has 4 N–H and O–H groups in total. The van der Waals surface area contributed by atoms with Gasteiger partial charge in [0, 0.05) is 18.7 Å². The monoisotopic (exact) mass is 265 g/mol. The maximum atomic E-state index is 14.1. The fraction of sp³-hybridized carbons (Fsp3) is 0.500. The number of benzene rings is 1. The molecule has 4 nitrogen and oxygen atoms in total. The molecule has 5 heteroatoms. The number of nitrogens with one attached hydrogen (secondary N) is 1. The zero-order valence-corrected chi connectivity index (χ0v) is 11.1. The number of nitrogens with two attached hydrogens (primary N) is 1. The van der Waals surface area contributed by atoms with Crippen LogP contribution in [0.4, 0.5) is 4.39 Å². The van der Waals surface area contributed by atoms with Gasteiger partial charge in [-0.15, -0.1) is 0 Å². The van der Waals surface area contributed by atoms with E-state index in [0.29, 0.717) is 17.5 Å². The first-order chi connectivity index (χ1) is 9.12. The van der Waals surface area contributed by atoms with E-state index in [1.165, 1.54) is 18.9 Å². The van der Waals surface area contributed by atoms with Gasteiger partial charge in [0.25, 0.3) is 0 Å². The van der Waals surface area contributed by atoms with E-state index in [9.17, 15) is 4.39 Å². The Morgan fingerprint density at radius 3 is 2.84 bits per heavy atom. The molecule has 1 aliphatic carbocycles. The average Bonchev–Trinajstić information content (AvgIpc) is 3.20. The van der Waals surface area contributed by atoms with Crippen molar-refractivity contribution >= 4 is 5.84 Å². The van der Waals surface area contributed by atoms with Crippen LogP contribution in [0, 0.1) is 11.2 Å². The van der Waals surface area contributed by atoms with Gasteiger partial charge < -0.3 is 16.3 Å². The van der Waals surface area contributed by atoms with Crippen molar-refractivity contribution in [1.29, 1.82) is 0 Å². The second-order valence-electron chi connectivity index (χ2n) is 5.22. The number of nitrogens with zero attached hydrogens (tertiary/aromatic N) is 1. The molecule has 0 aliphatic heterocycles. The van der Waals surface area contributed by atoms with E-state index in [-0.39, 0.29) is 11.4 Å². The van der Waals surface area contributed by atoms with Gasteiger partial charge in [0.2, 0.25) is 0 Å². The van der Waals surface area contributed by atoms with Crippen molar-refractivity contribution in [3.8, 4) is 0 Å². The summed E-state index contributed by atoms with van der Waals surface area (Å²) >= 11 is 0. The van der Waals surface area contributed by atoms with Crippen LogP contribution >= 0.6 is 0 Å². The highest BCUT2D eigenvalue weighted by Gasteiger charge is 2.39. The lowest BCUT2D eigenvalue weighted by molar-refractivity contribution is 0.318. The first-order valence-electron chi connectivity index (χ1n) is 6.58. The molecule has 0 unspecified atom stereocenters. The van der Waals surface area contributed by atoms with Gasteiger partial charge in [0.1, 0.15) is 5.82 Å². The zero-order chi connectivity index (χ0) is 13.9. The van der Waals surface area contributed by atoms with Crippen molar-refractivity contribution in [1.82, 2.24) is 5.32 Å². The SMILES string of the molecule is CCC1(CNCc2cccc(/C(N)=N/O)c2F)CC1. The van der Waals surface area contributed by atoms with Crippen LogP contribution in [0.25, 0.3) is 0 Å². The number of hydrogen-bond donors (Lipinski definition) is 3. The lowest BCUT2D eigenvalue weighted by atomic mass is 10.0. The Morgan fingerprint density at radius 1 is 1.53 bits per heavy atom. The summed E-state index contributed by atoms with van der Waals surface area (Å²) in [5.74, 6) is -0.627. The van der Waals surface area contributed by atoms with E-state index < -0.39 is 5.82 Å². The normalized spacial score (nSPS) is 17.5. The first-order valence-corrected chi connectivity index (χ1v) is 6.58. The maximum absolute atomic E-state index is 14.1. The highest BCUT2D eigenvalue weighted by Crippen LogP contribution is 2.47. The molecule has 1 fully saturated rings. The van der Waals surface area contributed by atoms with Crippen molar-refractivity contribution in [3.05, 3.63) is 35.1 Å². The Kier molecular flexibility index (Phi) is 4.04. The Hall–Kier alpha value is -1.62. The van der Waals surface area contributed by atoms with Crippen molar-refractivity contribution < 1.29 is 9.60 Å². The molecule has 0 saturated heterocycles. The van der Waals surface area contributed by atoms with Crippen LogP contribution in [0.1, 0.15) is 37.3 Å². The van der Waals surface area contributed by atoms with Crippen molar-refractivity contribution in [3.63, 3.8) is 0 Å². The van der Waals surface area contributed by atoms with E-state index in [1.807, 2.05) is 0 Å². The predicted octanol–water partition coefficient (Wildman–Crippen LogP) is 2.20. The molecule has 1 aliphatic rings. The fourth-order valence-electron chi connectivity index (χ4n) is 2.26.